The molecule has 1 aromatic rings. The fourth-order valence-corrected chi connectivity index (χ4v) is 2.39. The fraction of sp³-hybridized carbons (Fsp3) is 0.500. The molecule has 1 fully saturated rings. The van der Waals surface area contributed by atoms with E-state index in [1.54, 1.807) is 0 Å². The van der Waals surface area contributed by atoms with E-state index in [4.69, 9.17) is 9.84 Å². The first-order valence-corrected chi connectivity index (χ1v) is 7.06. The van der Waals surface area contributed by atoms with E-state index in [2.05, 4.69) is 0 Å². The summed E-state index contributed by atoms with van der Waals surface area (Å²) in [4.78, 5) is 36.0. The highest BCUT2D eigenvalue weighted by atomic mass is 19.4. The number of hydrogen-bond donors (Lipinski definition) is 1. The number of morpholine rings is 1. The van der Waals surface area contributed by atoms with Gasteiger partial charge in [-0.1, -0.05) is 0 Å². The molecule has 0 saturated carbocycles. The van der Waals surface area contributed by atoms with E-state index < -0.39 is 41.8 Å². The third-order valence-electron chi connectivity index (χ3n) is 3.52. The van der Waals surface area contributed by atoms with E-state index in [1.165, 1.54) is 4.90 Å². The summed E-state index contributed by atoms with van der Waals surface area (Å²) in [6.07, 6.45) is -4.66. The Bertz CT molecular complexity index is 686. The van der Waals surface area contributed by atoms with E-state index in [9.17, 15) is 27.6 Å². The van der Waals surface area contributed by atoms with Crippen LogP contribution in [0.4, 0.5) is 13.2 Å². The Labute approximate surface area is 134 Å². The van der Waals surface area contributed by atoms with Gasteiger partial charge < -0.3 is 19.3 Å². The van der Waals surface area contributed by atoms with Crippen LogP contribution in [0.2, 0.25) is 0 Å². The van der Waals surface area contributed by atoms with Crippen molar-refractivity contribution in [2.24, 2.45) is 0 Å². The average molecular weight is 348 g/mol. The number of carboxylic acid groups (broad SMARTS) is 1. The molecule has 0 aromatic carbocycles. The predicted molar refractivity (Wildman–Crippen MR) is 74.3 cm³/mol. The summed E-state index contributed by atoms with van der Waals surface area (Å²) in [5.41, 5.74) is -2.64. The van der Waals surface area contributed by atoms with Gasteiger partial charge in [0.05, 0.1) is 19.1 Å². The van der Waals surface area contributed by atoms with Crippen LogP contribution in [-0.4, -0.2) is 52.3 Å². The van der Waals surface area contributed by atoms with Gasteiger partial charge in [0.25, 0.3) is 5.56 Å². The summed E-state index contributed by atoms with van der Waals surface area (Å²) in [6, 6.07) is 1.70. The smallest absolute Gasteiger partial charge is 0.421 e. The number of hydrogen-bond acceptors (Lipinski definition) is 4. The second-order valence-corrected chi connectivity index (χ2v) is 5.28. The third kappa shape index (κ3) is 4.34. The van der Waals surface area contributed by atoms with Crippen LogP contribution in [0.5, 0.6) is 0 Å². The van der Waals surface area contributed by atoms with Crippen LogP contribution >= 0.6 is 0 Å². The van der Waals surface area contributed by atoms with Crippen molar-refractivity contribution in [2.75, 3.05) is 19.7 Å². The molecule has 7 nitrogen and oxygen atoms in total. The topological polar surface area (TPSA) is 88.8 Å². The average Bonchev–Trinajstić information content (AvgIpc) is 2.47. The lowest BCUT2D eigenvalue weighted by atomic mass is 10.2. The predicted octanol–water partition coefficient (Wildman–Crippen LogP) is 0.569. The molecule has 2 rings (SSSR count). The number of rotatable bonds is 4. The first kappa shape index (κ1) is 18.0. The molecule has 0 radical (unpaired) electrons. The molecular formula is C14H15F3N2O5. The number of carbonyl (C=O) groups is 2. The van der Waals surface area contributed by atoms with Crippen molar-refractivity contribution < 1.29 is 32.6 Å². The van der Waals surface area contributed by atoms with Crippen LogP contribution in [0.15, 0.2) is 23.1 Å². The molecule has 1 atom stereocenters. The van der Waals surface area contributed by atoms with Crippen LogP contribution in [0.1, 0.15) is 12.0 Å². The quantitative estimate of drug-likeness (QED) is 0.859. The Kier molecular flexibility index (Phi) is 5.27. The number of aliphatic carboxylic acids is 1. The molecule has 0 aliphatic carbocycles. The Balaban J connectivity index is 2.10. The van der Waals surface area contributed by atoms with Gasteiger partial charge in [-0.15, -0.1) is 0 Å². The minimum absolute atomic E-state index is 0.0127. The maximum absolute atomic E-state index is 12.7. The molecule has 132 valence electrons. The zero-order chi connectivity index (χ0) is 17.9. The summed E-state index contributed by atoms with van der Waals surface area (Å²) in [7, 11) is 0. The van der Waals surface area contributed by atoms with Gasteiger partial charge in [-0.2, -0.15) is 13.2 Å². The van der Waals surface area contributed by atoms with Crippen molar-refractivity contribution in [3.63, 3.8) is 0 Å². The van der Waals surface area contributed by atoms with E-state index in [0.717, 1.165) is 12.3 Å². The number of carbonyl (C=O) groups excluding carboxylic acids is 1. The fourth-order valence-electron chi connectivity index (χ4n) is 2.39. The molecule has 1 saturated heterocycles. The van der Waals surface area contributed by atoms with Crippen molar-refractivity contribution in [2.45, 2.75) is 25.2 Å². The van der Waals surface area contributed by atoms with Gasteiger partial charge in [0, 0.05) is 19.3 Å². The number of nitrogens with zero attached hydrogens (tertiary/aromatic N) is 2. The Morgan fingerprint density at radius 2 is 2.08 bits per heavy atom. The van der Waals surface area contributed by atoms with Crippen molar-refractivity contribution >= 4 is 11.9 Å². The standard InChI is InChI=1S/C14H15F3N2O5/c15-14(16,17)10-2-1-3-19(13(10)23)8-11(20)18-4-5-24-9(7-18)6-12(21)22/h1-3,9H,4-8H2,(H,21,22)/t9-/m0/s1. The van der Waals surface area contributed by atoms with E-state index >= 15 is 0 Å². The lowest BCUT2D eigenvalue weighted by Gasteiger charge is -2.32. The molecule has 1 aromatic heterocycles. The maximum atomic E-state index is 12.7. The number of pyridine rings is 1. The summed E-state index contributed by atoms with van der Waals surface area (Å²) in [5.74, 6) is -1.65. The van der Waals surface area contributed by atoms with Gasteiger partial charge in [0.2, 0.25) is 5.91 Å². The highest BCUT2D eigenvalue weighted by Gasteiger charge is 2.34. The molecule has 1 aliphatic heterocycles. The minimum Gasteiger partial charge on any atom is -0.481 e. The molecule has 0 bridgehead atoms. The highest BCUT2D eigenvalue weighted by molar-refractivity contribution is 5.76. The Morgan fingerprint density at radius 3 is 2.71 bits per heavy atom. The molecule has 1 aliphatic rings. The first-order chi connectivity index (χ1) is 11.2. The molecule has 24 heavy (non-hydrogen) atoms. The molecule has 1 amide bonds. The summed E-state index contributed by atoms with van der Waals surface area (Å²) in [6.45, 7) is -0.231. The van der Waals surface area contributed by atoms with Crippen LogP contribution in [0.25, 0.3) is 0 Å². The van der Waals surface area contributed by atoms with E-state index in [-0.39, 0.29) is 26.1 Å². The second-order valence-electron chi connectivity index (χ2n) is 5.28. The van der Waals surface area contributed by atoms with E-state index in [0.29, 0.717) is 10.6 Å². The third-order valence-corrected chi connectivity index (χ3v) is 3.52. The lowest BCUT2D eigenvalue weighted by Crippen LogP contribution is -2.48. The molecule has 1 N–H and O–H groups in total. The number of aromatic nitrogens is 1. The first-order valence-electron chi connectivity index (χ1n) is 7.06. The van der Waals surface area contributed by atoms with Crippen molar-refractivity contribution in [3.8, 4) is 0 Å². The highest BCUT2D eigenvalue weighted by Crippen LogP contribution is 2.26. The molecule has 0 spiro atoms. The lowest BCUT2D eigenvalue weighted by molar-refractivity contribution is -0.148. The monoisotopic (exact) mass is 348 g/mol. The SMILES string of the molecule is O=C(O)C[C@H]1CN(C(=O)Cn2cccc(C(F)(F)F)c2=O)CCO1. The van der Waals surface area contributed by atoms with Gasteiger partial charge >= 0.3 is 12.1 Å². The number of amides is 1. The molecule has 0 unspecified atom stereocenters. The van der Waals surface area contributed by atoms with Gasteiger partial charge in [-0.05, 0) is 12.1 Å². The number of alkyl halides is 3. The number of halogens is 3. The van der Waals surface area contributed by atoms with Crippen molar-refractivity contribution in [1.29, 1.82) is 0 Å². The maximum Gasteiger partial charge on any atom is 0.421 e. The minimum atomic E-state index is -4.80. The summed E-state index contributed by atoms with van der Waals surface area (Å²) in [5, 5.41) is 8.73. The summed E-state index contributed by atoms with van der Waals surface area (Å²) >= 11 is 0. The second kappa shape index (κ2) is 7.04. The van der Waals surface area contributed by atoms with Gasteiger partial charge in [-0.3, -0.25) is 14.4 Å². The van der Waals surface area contributed by atoms with E-state index in [1.807, 2.05) is 0 Å². The zero-order valence-corrected chi connectivity index (χ0v) is 12.5. The molecular weight excluding hydrogens is 333 g/mol. The number of ether oxygens (including phenoxy) is 1. The Hall–Kier alpha value is -2.36. The molecule has 2 heterocycles. The van der Waals surface area contributed by atoms with Gasteiger partial charge in [0.15, 0.2) is 0 Å². The van der Waals surface area contributed by atoms with Crippen LogP contribution in [-0.2, 0) is 27.0 Å². The largest absolute Gasteiger partial charge is 0.481 e. The Morgan fingerprint density at radius 1 is 1.38 bits per heavy atom. The van der Waals surface area contributed by atoms with Gasteiger partial charge in [0.1, 0.15) is 12.1 Å². The van der Waals surface area contributed by atoms with Crippen molar-refractivity contribution in [3.05, 3.63) is 34.2 Å². The normalized spacial score (nSPS) is 18.5. The summed E-state index contributed by atoms with van der Waals surface area (Å²) < 4.78 is 44.0. The molecule has 10 heteroatoms. The van der Waals surface area contributed by atoms with Crippen molar-refractivity contribution in [1.82, 2.24) is 9.47 Å². The van der Waals surface area contributed by atoms with Gasteiger partial charge in [-0.25, -0.2) is 0 Å². The zero-order valence-electron chi connectivity index (χ0n) is 12.5. The van der Waals surface area contributed by atoms with Crippen LogP contribution in [0.3, 0.4) is 0 Å². The van der Waals surface area contributed by atoms with Crippen LogP contribution < -0.4 is 5.56 Å². The van der Waals surface area contributed by atoms with Crippen LogP contribution in [0, 0.1) is 0 Å². The number of carboxylic acids is 1.